The van der Waals surface area contributed by atoms with Crippen molar-refractivity contribution < 1.29 is 5.11 Å². The van der Waals surface area contributed by atoms with E-state index in [2.05, 4.69) is 15.9 Å². The van der Waals surface area contributed by atoms with Gasteiger partial charge in [-0.15, -0.1) is 0 Å². The lowest BCUT2D eigenvalue weighted by Crippen LogP contribution is -1.98. The number of alkyl halides is 1. The van der Waals surface area contributed by atoms with E-state index >= 15 is 0 Å². The van der Waals surface area contributed by atoms with E-state index in [0.29, 0.717) is 0 Å². The Morgan fingerprint density at radius 3 is 2.33 bits per heavy atom. The molecule has 38 valence electrons. The Morgan fingerprint density at radius 1 is 1.83 bits per heavy atom. The smallest absolute Gasteiger partial charge is 0.0520 e. The number of hydrogen-bond acceptors (Lipinski definition) is 1. The van der Waals surface area contributed by atoms with Gasteiger partial charge in [-0.3, -0.25) is 0 Å². The minimum Gasteiger partial charge on any atom is -0.393 e. The average molecular weight is 153 g/mol. The summed E-state index contributed by atoms with van der Waals surface area (Å²) >= 11 is 3.19. The van der Waals surface area contributed by atoms with Gasteiger partial charge in [-0.05, 0) is 13.3 Å². The Balaban J connectivity index is 2.63. The zero-order valence-corrected chi connectivity index (χ0v) is 5.40. The quantitative estimate of drug-likeness (QED) is 0.590. The maximum atomic E-state index is 8.52. The molecule has 1 nitrogen and oxygen atoms in total. The third kappa shape index (κ3) is 4.44. The van der Waals surface area contributed by atoms with Gasteiger partial charge in [-0.25, -0.2) is 0 Å². The van der Waals surface area contributed by atoms with Gasteiger partial charge in [0.15, 0.2) is 0 Å². The average Bonchev–Trinajstić information content (AvgIpc) is 1.35. The van der Waals surface area contributed by atoms with Crippen LogP contribution in [0, 0.1) is 0 Å². The summed E-state index contributed by atoms with van der Waals surface area (Å²) in [6.45, 7) is 1.78. The van der Waals surface area contributed by atoms with Gasteiger partial charge in [0.1, 0.15) is 0 Å². The second-order valence-electron chi connectivity index (χ2n) is 1.33. The van der Waals surface area contributed by atoms with Gasteiger partial charge >= 0.3 is 0 Å². The molecule has 0 spiro atoms. The minimum absolute atomic E-state index is 0.149. The fraction of sp³-hybridized carbons (Fsp3) is 1.00. The van der Waals surface area contributed by atoms with Crippen molar-refractivity contribution in [3.05, 3.63) is 0 Å². The molecular weight excluding hydrogens is 144 g/mol. The number of aliphatic hydroxyl groups excluding tert-OH is 1. The van der Waals surface area contributed by atoms with Crippen molar-refractivity contribution in [1.29, 1.82) is 0 Å². The van der Waals surface area contributed by atoms with E-state index in [4.69, 9.17) is 5.11 Å². The van der Waals surface area contributed by atoms with E-state index < -0.39 is 0 Å². The molecule has 0 aliphatic carbocycles. The SMILES string of the molecule is C[C@H](O)CCBr. The van der Waals surface area contributed by atoms with Gasteiger partial charge in [-0.1, -0.05) is 15.9 Å². The second kappa shape index (κ2) is 3.62. The molecule has 0 aromatic rings. The van der Waals surface area contributed by atoms with Crippen molar-refractivity contribution >= 4 is 15.9 Å². The summed E-state index contributed by atoms with van der Waals surface area (Å²) in [7, 11) is 0. The molecule has 2 heteroatoms. The van der Waals surface area contributed by atoms with Gasteiger partial charge in [0.05, 0.1) is 6.10 Å². The normalized spacial score (nSPS) is 14.5. The van der Waals surface area contributed by atoms with Crippen LogP contribution in [0.25, 0.3) is 0 Å². The van der Waals surface area contributed by atoms with Crippen LogP contribution in [-0.2, 0) is 0 Å². The lowest BCUT2D eigenvalue weighted by molar-refractivity contribution is 0.192. The molecule has 0 bridgehead atoms. The molecule has 0 aromatic heterocycles. The number of aliphatic hydroxyl groups is 1. The molecule has 0 aromatic carbocycles. The molecule has 1 atom stereocenters. The lowest BCUT2D eigenvalue weighted by atomic mass is 10.3. The molecule has 1 N–H and O–H groups in total. The Bertz CT molecular complexity index is 28.7. The molecule has 0 aliphatic heterocycles. The maximum Gasteiger partial charge on any atom is 0.0520 e. The first-order valence-corrected chi connectivity index (χ1v) is 3.13. The van der Waals surface area contributed by atoms with Gasteiger partial charge in [0.25, 0.3) is 0 Å². The van der Waals surface area contributed by atoms with Crippen molar-refractivity contribution in [1.82, 2.24) is 0 Å². The highest BCUT2D eigenvalue weighted by Crippen LogP contribution is 1.91. The van der Waals surface area contributed by atoms with Crippen LogP contribution in [0.15, 0.2) is 0 Å². The predicted octanol–water partition coefficient (Wildman–Crippen LogP) is 1.15. The molecule has 0 unspecified atom stereocenters. The first-order valence-electron chi connectivity index (χ1n) is 2.01. The van der Waals surface area contributed by atoms with Crippen molar-refractivity contribution in [2.24, 2.45) is 0 Å². The van der Waals surface area contributed by atoms with Gasteiger partial charge in [-0.2, -0.15) is 0 Å². The Morgan fingerprint density at radius 2 is 2.33 bits per heavy atom. The minimum atomic E-state index is -0.149. The lowest BCUT2D eigenvalue weighted by Gasteiger charge is -1.94. The Kier molecular flexibility index (Phi) is 3.89. The van der Waals surface area contributed by atoms with Crippen LogP contribution < -0.4 is 0 Å². The summed E-state index contributed by atoms with van der Waals surface area (Å²) in [6.07, 6.45) is 0.698. The molecule has 0 aliphatic rings. The highest BCUT2D eigenvalue weighted by molar-refractivity contribution is 9.09. The molecule has 0 saturated carbocycles. The number of halogens is 1. The first-order chi connectivity index (χ1) is 2.77. The summed E-state index contributed by atoms with van der Waals surface area (Å²) in [5.41, 5.74) is 0. The third-order valence-corrected chi connectivity index (χ3v) is 0.985. The fourth-order valence-corrected chi connectivity index (χ4v) is 0.820. The monoisotopic (exact) mass is 152 g/mol. The van der Waals surface area contributed by atoms with Crippen molar-refractivity contribution in [3.63, 3.8) is 0 Å². The second-order valence-corrected chi connectivity index (χ2v) is 2.12. The summed E-state index contributed by atoms with van der Waals surface area (Å²) in [5.74, 6) is 0. The van der Waals surface area contributed by atoms with Crippen LogP contribution in [-0.4, -0.2) is 16.5 Å². The Labute approximate surface area is 46.5 Å². The van der Waals surface area contributed by atoms with E-state index in [1.54, 1.807) is 6.92 Å². The largest absolute Gasteiger partial charge is 0.393 e. The van der Waals surface area contributed by atoms with Crippen molar-refractivity contribution in [2.45, 2.75) is 19.4 Å². The van der Waals surface area contributed by atoms with Gasteiger partial charge < -0.3 is 5.11 Å². The molecule has 0 heterocycles. The summed E-state index contributed by atoms with van der Waals surface area (Å²) in [4.78, 5) is 0. The highest BCUT2D eigenvalue weighted by Gasteiger charge is 1.88. The molecule has 0 radical (unpaired) electrons. The van der Waals surface area contributed by atoms with Crippen molar-refractivity contribution in [2.75, 3.05) is 5.33 Å². The number of rotatable bonds is 2. The van der Waals surface area contributed by atoms with E-state index in [-0.39, 0.29) is 6.10 Å². The molecule has 6 heavy (non-hydrogen) atoms. The molecule has 0 amide bonds. The Hall–Kier alpha value is 0.440. The van der Waals surface area contributed by atoms with Gasteiger partial charge in [0, 0.05) is 5.33 Å². The zero-order valence-electron chi connectivity index (χ0n) is 3.82. The highest BCUT2D eigenvalue weighted by atomic mass is 79.9. The molecule has 0 saturated heterocycles. The molecule has 0 rings (SSSR count). The molecular formula is C4H9BrO. The van der Waals surface area contributed by atoms with E-state index in [9.17, 15) is 0 Å². The van der Waals surface area contributed by atoms with Gasteiger partial charge in [0.2, 0.25) is 0 Å². The van der Waals surface area contributed by atoms with Crippen LogP contribution >= 0.6 is 15.9 Å². The first kappa shape index (κ1) is 6.44. The zero-order chi connectivity index (χ0) is 4.99. The van der Waals surface area contributed by atoms with E-state index in [1.165, 1.54) is 0 Å². The summed E-state index contributed by atoms with van der Waals surface area (Å²) in [6, 6.07) is 0. The summed E-state index contributed by atoms with van der Waals surface area (Å²) in [5, 5.41) is 9.42. The number of hydrogen-bond donors (Lipinski definition) is 1. The predicted molar refractivity (Wildman–Crippen MR) is 30.1 cm³/mol. The summed E-state index contributed by atoms with van der Waals surface area (Å²) < 4.78 is 0. The van der Waals surface area contributed by atoms with Crippen LogP contribution in [0.3, 0.4) is 0 Å². The standard InChI is InChI=1S/C4H9BrO/c1-4(6)2-3-5/h4,6H,2-3H2,1H3/t4-/m0/s1. The van der Waals surface area contributed by atoms with Crippen LogP contribution in [0.2, 0.25) is 0 Å². The maximum absolute atomic E-state index is 8.52. The third-order valence-electron chi connectivity index (χ3n) is 0.527. The topological polar surface area (TPSA) is 20.2 Å². The van der Waals surface area contributed by atoms with Crippen molar-refractivity contribution in [3.8, 4) is 0 Å². The fourth-order valence-electron chi connectivity index (χ4n) is 0.158. The van der Waals surface area contributed by atoms with Crippen LogP contribution in [0.5, 0.6) is 0 Å². The van der Waals surface area contributed by atoms with E-state index in [0.717, 1.165) is 11.8 Å². The van der Waals surface area contributed by atoms with Crippen LogP contribution in [0.1, 0.15) is 13.3 Å². The van der Waals surface area contributed by atoms with E-state index in [1.807, 2.05) is 0 Å². The van der Waals surface area contributed by atoms with Crippen LogP contribution in [0.4, 0.5) is 0 Å². The molecule has 0 fully saturated rings.